The van der Waals surface area contributed by atoms with Gasteiger partial charge in [0.15, 0.2) is 35.5 Å². The van der Waals surface area contributed by atoms with Crippen LogP contribution in [0.3, 0.4) is 0 Å². The minimum Gasteiger partial charge on any atom is -0.507 e. The molecule has 68 heavy (non-hydrogen) atoms. The Hall–Kier alpha value is -5.55. The van der Waals surface area contributed by atoms with Crippen LogP contribution in [0.2, 0.25) is 0 Å². The molecular weight excluding hydrogens is 891 g/mol. The summed E-state index contributed by atoms with van der Waals surface area (Å²) in [7, 11) is 3.19. The molecule has 4 rings (SSSR count). The number of aromatic nitrogens is 3. The Balaban J connectivity index is 1.09. The molecule has 0 aliphatic rings. The first-order valence-electron chi connectivity index (χ1n) is 22.3. The second kappa shape index (κ2) is 32.2. The average molecular weight is 956 g/mol. The molecule has 1 aromatic heterocycles. The van der Waals surface area contributed by atoms with E-state index < -0.39 is 18.2 Å². The monoisotopic (exact) mass is 955 g/mol. The van der Waals surface area contributed by atoms with Crippen LogP contribution in [-0.2, 0) is 57.0 Å². The van der Waals surface area contributed by atoms with Gasteiger partial charge >= 0.3 is 5.97 Å². The molecule has 20 heteroatoms. The number of phenols is 2. The van der Waals surface area contributed by atoms with E-state index >= 15 is 0 Å². The molecule has 0 saturated heterocycles. The third kappa shape index (κ3) is 20.8. The lowest BCUT2D eigenvalue weighted by Crippen LogP contribution is -2.27. The molecule has 20 nitrogen and oxygen atoms in total. The summed E-state index contributed by atoms with van der Waals surface area (Å²) in [4.78, 5) is 38.2. The van der Waals surface area contributed by atoms with Crippen LogP contribution in [0.4, 0.5) is 0 Å². The number of hydrogen-bond donors (Lipinski definition) is 2. The van der Waals surface area contributed by atoms with Gasteiger partial charge in [-0.3, -0.25) is 4.79 Å². The fourth-order valence-corrected chi connectivity index (χ4v) is 5.68. The zero-order chi connectivity index (χ0) is 48.8. The van der Waals surface area contributed by atoms with E-state index in [2.05, 4.69) is 15.0 Å². The molecule has 0 spiro atoms. The van der Waals surface area contributed by atoms with E-state index in [0.29, 0.717) is 117 Å². The molecule has 2 atom stereocenters. The standard InChI is InChI=1S/C48H65N3O17/c1-34(52)35(2)67-39-10-12-41(43(53)32-39)46-49-45(37-6-8-38(57-5)9-7-37)50-47(51-46)42-13-11-40(33-44(42)54)68-36(3)48(55)66-31-30-65-29-28-64-27-26-63-25-24-62-23-22-61-21-20-60-19-18-59-17-16-58-15-14-56-4/h6-13,32-33,35-36,53-54H,14-31H2,1-5H3. The maximum atomic E-state index is 12.7. The van der Waals surface area contributed by atoms with Crippen molar-refractivity contribution in [2.24, 2.45) is 0 Å². The average Bonchev–Trinajstić information content (AvgIpc) is 3.33. The highest BCUT2D eigenvalue weighted by atomic mass is 16.6. The molecule has 374 valence electrons. The fraction of sp³-hybridized carbons (Fsp3) is 0.521. The normalized spacial score (nSPS) is 12.1. The molecule has 0 saturated carbocycles. The third-order valence-corrected chi connectivity index (χ3v) is 9.44. The van der Waals surface area contributed by atoms with Crippen LogP contribution in [0, 0.1) is 0 Å². The van der Waals surface area contributed by atoms with E-state index in [9.17, 15) is 19.8 Å². The van der Waals surface area contributed by atoms with Crippen LogP contribution >= 0.6 is 0 Å². The minimum absolute atomic E-state index is 0.00224. The smallest absolute Gasteiger partial charge is 0.347 e. The lowest BCUT2D eigenvalue weighted by molar-refractivity contribution is -0.152. The largest absolute Gasteiger partial charge is 0.507 e. The quantitative estimate of drug-likeness (QED) is 0.0459. The Morgan fingerprint density at radius 3 is 1.19 bits per heavy atom. The molecule has 0 aliphatic carbocycles. The van der Waals surface area contributed by atoms with Crippen molar-refractivity contribution in [3.63, 3.8) is 0 Å². The van der Waals surface area contributed by atoms with Crippen LogP contribution in [-0.4, -0.2) is 182 Å². The third-order valence-electron chi connectivity index (χ3n) is 9.44. The van der Waals surface area contributed by atoms with Crippen molar-refractivity contribution in [1.29, 1.82) is 0 Å². The summed E-state index contributed by atoms with van der Waals surface area (Å²) in [5.74, 6) is 0.310. The SMILES string of the molecule is COCCOCCOCCOCCOCCOCCOCCOCCOCCOC(=O)C(C)Oc1ccc(-c2nc(-c3ccc(OC)cc3)nc(-c3ccc(OC(C)C(C)=O)cc3O)n2)c(O)c1. The molecule has 1 heterocycles. The molecule has 0 radical (unpaired) electrons. The second-order valence-corrected chi connectivity index (χ2v) is 14.6. The minimum atomic E-state index is -1.01. The van der Waals surface area contributed by atoms with Gasteiger partial charge in [-0.15, -0.1) is 0 Å². The Bertz CT molecular complexity index is 2060. The van der Waals surface area contributed by atoms with Crippen LogP contribution in [0.1, 0.15) is 20.8 Å². The number of rotatable bonds is 37. The van der Waals surface area contributed by atoms with Gasteiger partial charge in [-0.1, -0.05) is 0 Å². The van der Waals surface area contributed by atoms with E-state index in [4.69, 9.17) is 61.6 Å². The van der Waals surface area contributed by atoms with Crippen molar-refractivity contribution >= 4 is 11.8 Å². The number of Topliss-reactive ketones (excluding diaryl/α,β-unsaturated/α-hetero) is 1. The van der Waals surface area contributed by atoms with Crippen molar-refractivity contribution in [1.82, 2.24) is 15.0 Å². The second-order valence-electron chi connectivity index (χ2n) is 14.6. The molecule has 2 unspecified atom stereocenters. The van der Waals surface area contributed by atoms with E-state index in [1.807, 2.05) is 0 Å². The number of nitrogens with zero attached hydrogens (tertiary/aromatic N) is 3. The van der Waals surface area contributed by atoms with Gasteiger partial charge in [0.05, 0.1) is 131 Å². The number of methoxy groups -OCH3 is 2. The molecule has 0 bridgehead atoms. The summed E-state index contributed by atoms with van der Waals surface area (Å²) in [5, 5.41) is 22.2. The number of carbonyl (C=O) groups is 2. The van der Waals surface area contributed by atoms with Gasteiger partial charge in [0, 0.05) is 24.8 Å². The van der Waals surface area contributed by atoms with Crippen LogP contribution < -0.4 is 14.2 Å². The van der Waals surface area contributed by atoms with Crippen LogP contribution in [0.25, 0.3) is 34.2 Å². The van der Waals surface area contributed by atoms with E-state index in [-0.39, 0.29) is 70.6 Å². The maximum absolute atomic E-state index is 12.7. The summed E-state index contributed by atoms with van der Waals surface area (Å²) in [6, 6.07) is 16.0. The zero-order valence-corrected chi connectivity index (χ0v) is 39.5. The summed E-state index contributed by atoms with van der Waals surface area (Å²) >= 11 is 0. The number of benzene rings is 3. The molecule has 0 aliphatic heterocycles. The Morgan fingerprint density at radius 2 is 0.824 bits per heavy atom. The van der Waals surface area contributed by atoms with Crippen molar-refractivity contribution in [2.75, 3.05) is 133 Å². The van der Waals surface area contributed by atoms with Gasteiger partial charge in [-0.2, -0.15) is 0 Å². The lowest BCUT2D eigenvalue weighted by atomic mass is 10.1. The van der Waals surface area contributed by atoms with Crippen molar-refractivity contribution < 1.29 is 81.4 Å². The Morgan fingerprint density at radius 1 is 0.471 bits per heavy atom. The highest BCUT2D eigenvalue weighted by Gasteiger charge is 2.21. The first-order chi connectivity index (χ1) is 33.1. The first kappa shape index (κ1) is 55.0. The summed E-state index contributed by atoms with van der Waals surface area (Å²) in [6.45, 7) is 12.1. The van der Waals surface area contributed by atoms with Gasteiger partial charge in [0.2, 0.25) is 0 Å². The molecule has 0 fully saturated rings. The molecule has 2 N–H and O–H groups in total. The number of aromatic hydroxyl groups is 2. The summed E-state index contributed by atoms with van der Waals surface area (Å²) in [5.41, 5.74) is 1.10. The topological polar surface area (TPSA) is 233 Å². The highest BCUT2D eigenvalue weighted by Crippen LogP contribution is 2.36. The van der Waals surface area contributed by atoms with Crippen molar-refractivity contribution in [3.05, 3.63) is 60.7 Å². The summed E-state index contributed by atoms with van der Waals surface area (Å²) < 4.78 is 70.5. The van der Waals surface area contributed by atoms with E-state index in [1.54, 1.807) is 69.7 Å². The molecular formula is C48H65N3O17. The van der Waals surface area contributed by atoms with Crippen molar-refractivity contribution in [2.45, 2.75) is 33.0 Å². The number of esters is 1. The van der Waals surface area contributed by atoms with E-state index in [1.165, 1.54) is 26.0 Å². The molecule has 0 amide bonds. The fourth-order valence-electron chi connectivity index (χ4n) is 5.68. The first-order valence-corrected chi connectivity index (χ1v) is 22.3. The van der Waals surface area contributed by atoms with Crippen LogP contribution in [0.15, 0.2) is 60.7 Å². The Labute approximate surface area is 397 Å². The number of phenolic OH excluding ortho intramolecular Hbond substituents is 2. The molecule has 3 aromatic carbocycles. The molecule has 4 aromatic rings. The summed E-state index contributed by atoms with van der Waals surface area (Å²) in [6.07, 6.45) is -1.72. The predicted octanol–water partition coefficient (Wildman–Crippen LogP) is 4.74. The van der Waals surface area contributed by atoms with Gasteiger partial charge in [0.1, 0.15) is 35.4 Å². The number of hydrogen-bond acceptors (Lipinski definition) is 20. The lowest BCUT2D eigenvalue weighted by Gasteiger charge is -2.15. The number of carbonyl (C=O) groups excluding carboxylic acids is 2. The highest BCUT2D eigenvalue weighted by molar-refractivity contribution is 5.80. The van der Waals surface area contributed by atoms with Gasteiger partial charge < -0.3 is 71.8 Å². The predicted molar refractivity (Wildman–Crippen MR) is 246 cm³/mol. The van der Waals surface area contributed by atoms with Gasteiger partial charge in [-0.05, 0) is 69.3 Å². The van der Waals surface area contributed by atoms with E-state index in [0.717, 1.165) is 0 Å². The zero-order valence-electron chi connectivity index (χ0n) is 39.5. The number of ether oxygens (including phenoxy) is 13. The Kier molecular flexibility index (Phi) is 26.1. The maximum Gasteiger partial charge on any atom is 0.347 e. The van der Waals surface area contributed by atoms with Gasteiger partial charge in [0.25, 0.3) is 0 Å². The number of ketones is 1. The van der Waals surface area contributed by atoms with Gasteiger partial charge in [-0.25, -0.2) is 19.7 Å². The van der Waals surface area contributed by atoms with Crippen molar-refractivity contribution in [3.8, 4) is 62.9 Å². The van der Waals surface area contributed by atoms with Crippen LogP contribution in [0.5, 0.6) is 28.7 Å².